The molecular formula is C63H102O6. The Kier molecular flexibility index (Phi) is 53.0. The van der Waals surface area contributed by atoms with Crippen LogP contribution in [0.5, 0.6) is 0 Å². The predicted molar refractivity (Wildman–Crippen MR) is 297 cm³/mol. The van der Waals surface area contributed by atoms with Crippen LogP contribution in [0.15, 0.2) is 122 Å². The topological polar surface area (TPSA) is 78.9 Å². The van der Waals surface area contributed by atoms with Gasteiger partial charge in [-0.3, -0.25) is 14.4 Å². The SMILES string of the molecule is CC/C=C\C/C=C\C/C=C\C/C=C\C/C=C\CCCC(=O)OC[C@H](COC(=O)CCCCCCCCCCC/C=C\C/C=C\CCCCC)OC(=O)CCCC/C=C\C/C=C\C/C=C\CCCCC. The molecule has 0 heterocycles. The first-order valence-corrected chi connectivity index (χ1v) is 28.0. The molecule has 0 aliphatic carbocycles. The standard InChI is InChI=1S/C63H102O6/c1-4-7-10-13-16-19-22-25-28-30-31-33-36-38-41-44-47-50-53-56-62(65)68-59-60(69-63(66)57-54-51-48-45-42-39-34-27-24-21-18-15-12-9-6-3)58-67-61(64)55-52-49-46-43-40-37-35-32-29-26-23-20-17-14-11-8-5-2/h8,11,16-21,25-29,34-35,37,42-43,45-46,60H,4-7,9-10,12-15,22-24,30-33,36,38-41,44,47-59H2,1-3H3/b11-8-,19-16-,20-17-,21-18-,28-25-,29-26-,34-27-,37-35-,45-42-,46-43-/t60-/m1/s1. The van der Waals surface area contributed by atoms with E-state index in [4.69, 9.17) is 14.2 Å². The molecule has 0 aromatic rings. The second kappa shape index (κ2) is 56.4. The van der Waals surface area contributed by atoms with E-state index in [0.717, 1.165) is 89.9 Å². The van der Waals surface area contributed by atoms with Crippen molar-refractivity contribution in [2.24, 2.45) is 0 Å². The molecule has 0 bridgehead atoms. The van der Waals surface area contributed by atoms with E-state index in [1.165, 1.54) is 96.3 Å². The number of rotatable bonds is 49. The molecule has 0 spiro atoms. The number of unbranched alkanes of at least 4 members (excludes halogenated alkanes) is 18. The van der Waals surface area contributed by atoms with Crippen LogP contribution in [0.1, 0.15) is 239 Å². The van der Waals surface area contributed by atoms with Crippen molar-refractivity contribution in [3.05, 3.63) is 122 Å². The Hall–Kier alpha value is -4.19. The van der Waals surface area contributed by atoms with Gasteiger partial charge in [0.1, 0.15) is 13.2 Å². The number of ether oxygens (including phenoxy) is 3. The van der Waals surface area contributed by atoms with Crippen molar-refractivity contribution in [3.8, 4) is 0 Å². The second-order valence-corrected chi connectivity index (χ2v) is 18.1. The second-order valence-electron chi connectivity index (χ2n) is 18.1. The molecule has 0 unspecified atom stereocenters. The van der Waals surface area contributed by atoms with Gasteiger partial charge in [0.2, 0.25) is 0 Å². The zero-order valence-electron chi connectivity index (χ0n) is 44.5. The average molecular weight is 956 g/mol. The molecule has 1 atom stereocenters. The number of hydrogen-bond acceptors (Lipinski definition) is 6. The third kappa shape index (κ3) is 54.6. The molecule has 0 saturated carbocycles. The summed E-state index contributed by atoms with van der Waals surface area (Å²) in [6.07, 6.45) is 77.6. The largest absolute Gasteiger partial charge is 0.462 e. The summed E-state index contributed by atoms with van der Waals surface area (Å²) in [7, 11) is 0. The van der Waals surface area contributed by atoms with Gasteiger partial charge in [0.05, 0.1) is 0 Å². The summed E-state index contributed by atoms with van der Waals surface area (Å²) >= 11 is 0. The molecule has 6 heteroatoms. The van der Waals surface area contributed by atoms with Crippen LogP contribution in [0.25, 0.3) is 0 Å². The lowest BCUT2D eigenvalue weighted by molar-refractivity contribution is -0.167. The van der Waals surface area contributed by atoms with Crippen LogP contribution in [-0.4, -0.2) is 37.2 Å². The normalized spacial score (nSPS) is 13.0. The fourth-order valence-electron chi connectivity index (χ4n) is 7.22. The van der Waals surface area contributed by atoms with Crippen LogP contribution >= 0.6 is 0 Å². The fraction of sp³-hybridized carbons (Fsp3) is 0.635. The monoisotopic (exact) mass is 955 g/mol. The molecule has 6 nitrogen and oxygen atoms in total. The van der Waals surface area contributed by atoms with Crippen molar-refractivity contribution >= 4 is 17.9 Å². The molecule has 390 valence electrons. The van der Waals surface area contributed by atoms with Crippen molar-refractivity contribution in [1.82, 2.24) is 0 Å². The summed E-state index contributed by atoms with van der Waals surface area (Å²) in [5.74, 6) is -1.02. The minimum atomic E-state index is -0.826. The first kappa shape index (κ1) is 64.8. The van der Waals surface area contributed by atoms with E-state index in [9.17, 15) is 14.4 Å². The number of carbonyl (C=O) groups excluding carboxylic acids is 3. The summed E-state index contributed by atoms with van der Waals surface area (Å²) < 4.78 is 16.8. The highest BCUT2D eigenvalue weighted by atomic mass is 16.6. The van der Waals surface area contributed by atoms with E-state index in [1.54, 1.807) is 0 Å². The van der Waals surface area contributed by atoms with E-state index >= 15 is 0 Å². The molecule has 0 rings (SSSR count). The predicted octanol–water partition coefficient (Wildman–Crippen LogP) is 18.9. The molecule has 0 N–H and O–H groups in total. The van der Waals surface area contributed by atoms with Crippen LogP contribution in [0.4, 0.5) is 0 Å². The molecule has 0 aromatic heterocycles. The van der Waals surface area contributed by atoms with E-state index < -0.39 is 6.10 Å². The smallest absolute Gasteiger partial charge is 0.306 e. The minimum Gasteiger partial charge on any atom is -0.462 e. The fourth-order valence-corrected chi connectivity index (χ4v) is 7.22. The molecule has 69 heavy (non-hydrogen) atoms. The molecule has 0 aliphatic heterocycles. The highest BCUT2D eigenvalue weighted by Crippen LogP contribution is 2.13. The lowest BCUT2D eigenvalue weighted by Gasteiger charge is -2.18. The Bertz CT molecular complexity index is 1470. The molecule has 0 aromatic carbocycles. The van der Waals surface area contributed by atoms with E-state index in [1.807, 2.05) is 0 Å². The maximum Gasteiger partial charge on any atom is 0.306 e. The maximum atomic E-state index is 12.8. The summed E-state index contributed by atoms with van der Waals surface area (Å²) in [5, 5.41) is 0. The van der Waals surface area contributed by atoms with Crippen molar-refractivity contribution in [1.29, 1.82) is 0 Å². The van der Waals surface area contributed by atoms with E-state index in [0.29, 0.717) is 19.3 Å². The van der Waals surface area contributed by atoms with Gasteiger partial charge in [0, 0.05) is 19.3 Å². The molecule has 0 aliphatic rings. The van der Waals surface area contributed by atoms with Gasteiger partial charge in [-0.1, -0.05) is 213 Å². The van der Waals surface area contributed by atoms with Gasteiger partial charge in [-0.05, 0) is 128 Å². The lowest BCUT2D eigenvalue weighted by Crippen LogP contribution is -2.30. The quantitative estimate of drug-likeness (QED) is 0.0262. The van der Waals surface area contributed by atoms with Crippen LogP contribution in [0.3, 0.4) is 0 Å². The van der Waals surface area contributed by atoms with Gasteiger partial charge >= 0.3 is 17.9 Å². The van der Waals surface area contributed by atoms with Gasteiger partial charge in [0.25, 0.3) is 0 Å². The Labute approximate surface area is 424 Å². The Balaban J connectivity index is 4.53. The molecular weight excluding hydrogens is 853 g/mol. The Morgan fingerprint density at radius 3 is 0.971 bits per heavy atom. The third-order valence-corrected chi connectivity index (χ3v) is 11.4. The Morgan fingerprint density at radius 1 is 0.304 bits per heavy atom. The molecule has 0 fully saturated rings. The zero-order chi connectivity index (χ0) is 50.0. The summed E-state index contributed by atoms with van der Waals surface area (Å²) in [6.45, 7) is 6.38. The van der Waals surface area contributed by atoms with Crippen molar-refractivity contribution in [2.45, 2.75) is 245 Å². The van der Waals surface area contributed by atoms with Gasteiger partial charge in [0.15, 0.2) is 6.10 Å². The first-order chi connectivity index (χ1) is 34.0. The van der Waals surface area contributed by atoms with Crippen LogP contribution in [-0.2, 0) is 28.6 Å². The maximum absolute atomic E-state index is 12.8. The highest BCUT2D eigenvalue weighted by Gasteiger charge is 2.19. The van der Waals surface area contributed by atoms with Crippen LogP contribution in [0.2, 0.25) is 0 Å². The van der Waals surface area contributed by atoms with Crippen molar-refractivity contribution < 1.29 is 28.6 Å². The molecule has 0 radical (unpaired) electrons. The van der Waals surface area contributed by atoms with Crippen LogP contribution < -0.4 is 0 Å². The Morgan fingerprint density at radius 2 is 0.580 bits per heavy atom. The van der Waals surface area contributed by atoms with Gasteiger partial charge < -0.3 is 14.2 Å². The zero-order valence-corrected chi connectivity index (χ0v) is 44.5. The summed E-state index contributed by atoms with van der Waals surface area (Å²) in [4.78, 5) is 38.1. The number of hydrogen-bond donors (Lipinski definition) is 0. The highest BCUT2D eigenvalue weighted by molar-refractivity contribution is 5.71. The van der Waals surface area contributed by atoms with E-state index in [-0.39, 0.29) is 44.0 Å². The third-order valence-electron chi connectivity index (χ3n) is 11.4. The number of esters is 3. The average Bonchev–Trinajstić information content (AvgIpc) is 3.35. The van der Waals surface area contributed by atoms with Crippen molar-refractivity contribution in [2.75, 3.05) is 13.2 Å². The van der Waals surface area contributed by atoms with Gasteiger partial charge in [-0.25, -0.2) is 0 Å². The lowest BCUT2D eigenvalue weighted by atomic mass is 10.1. The molecule has 0 saturated heterocycles. The van der Waals surface area contributed by atoms with Crippen LogP contribution in [0, 0.1) is 0 Å². The number of carbonyl (C=O) groups is 3. The van der Waals surface area contributed by atoms with Gasteiger partial charge in [-0.2, -0.15) is 0 Å². The van der Waals surface area contributed by atoms with Crippen molar-refractivity contribution in [3.63, 3.8) is 0 Å². The van der Waals surface area contributed by atoms with Gasteiger partial charge in [-0.15, -0.1) is 0 Å². The number of allylic oxidation sites excluding steroid dienone is 20. The minimum absolute atomic E-state index is 0.116. The van der Waals surface area contributed by atoms with E-state index in [2.05, 4.69) is 142 Å². The summed E-state index contributed by atoms with van der Waals surface area (Å²) in [6, 6.07) is 0. The first-order valence-electron chi connectivity index (χ1n) is 28.0. The molecule has 0 amide bonds. The summed E-state index contributed by atoms with van der Waals surface area (Å²) in [5.41, 5.74) is 0.